The van der Waals surface area contributed by atoms with E-state index < -0.39 is 30.7 Å². The summed E-state index contributed by atoms with van der Waals surface area (Å²) in [6.07, 6.45) is 0. The van der Waals surface area contributed by atoms with Crippen LogP contribution in [0.4, 0.5) is 0 Å². The molecule has 3 aromatic rings. The second-order valence-electron chi connectivity index (χ2n) is 5.40. The van der Waals surface area contributed by atoms with Gasteiger partial charge in [0.1, 0.15) is 6.54 Å². The molecule has 0 saturated carbocycles. The van der Waals surface area contributed by atoms with Crippen molar-refractivity contribution in [1.82, 2.24) is 9.78 Å². The number of carbonyl (C=O) groups excluding carboxylic acids is 2. The fraction of sp³-hybridized carbons (Fsp3) is 0.111. The van der Waals surface area contributed by atoms with Gasteiger partial charge in [-0.3, -0.25) is 9.59 Å². The summed E-state index contributed by atoms with van der Waals surface area (Å²) in [5.74, 6) is -2.04. The monoisotopic (exact) mass is 406 g/mol. The number of ketones is 1. The molecule has 27 heavy (non-hydrogen) atoms. The van der Waals surface area contributed by atoms with Gasteiger partial charge in [-0.1, -0.05) is 41.4 Å². The van der Waals surface area contributed by atoms with Gasteiger partial charge in [-0.25, -0.2) is 4.79 Å². The van der Waals surface area contributed by atoms with Crippen LogP contribution in [0.2, 0.25) is 10.0 Å². The van der Waals surface area contributed by atoms with Crippen molar-refractivity contribution in [3.8, 4) is 11.5 Å². The van der Waals surface area contributed by atoms with Gasteiger partial charge < -0.3 is 9.15 Å². The summed E-state index contributed by atoms with van der Waals surface area (Å²) in [6, 6.07) is 13.1. The van der Waals surface area contributed by atoms with Crippen LogP contribution in [0.25, 0.3) is 11.5 Å². The minimum absolute atomic E-state index is 0.0809. The number of aromatic nitrogens is 2. The molecule has 0 aliphatic carbocycles. The summed E-state index contributed by atoms with van der Waals surface area (Å²) < 4.78 is 10.7. The van der Waals surface area contributed by atoms with E-state index in [9.17, 15) is 14.4 Å². The minimum Gasteiger partial charge on any atom is -0.456 e. The predicted octanol–water partition coefficient (Wildman–Crippen LogP) is 3.24. The number of ether oxygens (including phenoxy) is 1. The Kier molecular flexibility index (Phi) is 5.73. The predicted molar refractivity (Wildman–Crippen MR) is 98.0 cm³/mol. The summed E-state index contributed by atoms with van der Waals surface area (Å²) in [6.45, 7) is -1.02. The van der Waals surface area contributed by atoms with E-state index in [0.29, 0.717) is 10.6 Å². The van der Waals surface area contributed by atoms with Crippen LogP contribution in [-0.2, 0) is 16.1 Å². The molecule has 0 radical (unpaired) electrons. The Balaban J connectivity index is 1.62. The summed E-state index contributed by atoms with van der Waals surface area (Å²) in [5.41, 5.74) is 0.771. The number of rotatable bonds is 6. The maximum Gasteiger partial charge on any atom is 0.437 e. The maximum atomic E-state index is 12.1. The number of esters is 1. The van der Waals surface area contributed by atoms with Crippen molar-refractivity contribution in [2.45, 2.75) is 6.54 Å². The average Bonchev–Trinajstić information content (AvgIpc) is 3.01. The van der Waals surface area contributed by atoms with E-state index >= 15 is 0 Å². The molecular weight excluding hydrogens is 395 g/mol. The van der Waals surface area contributed by atoms with Crippen LogP contribution in [-0.4, -0.2) is 28.1 Å². The van der Waals surface area contributed by atoms with E-state index in [4.69, 9.17) is 32.4 Å². The molecule has 3 rings (SSSR count). The van der Waals surface area contributed by atoms with Crippen molar-refractivity contribution >= 4 is 35.0 Å². The molecule has 0 aliphatic rings. The molecule has 0 atom stereocenters. The van der Waals surface area contributed by atoms with Gasteiger partial charge in [0.2, 0.25) is 11.7 Å². The normalized spacial score (nSPS) is 10.6. The second-order valence-corrected chi connectivity index (χ2v) is 6.25. The fourth-order valence-corrected chi connectivity index (χ4v) is 2.72. The van der Waals surface area contributed by atoms with Crippen LogP contribution in [0.1, 0.15) is 10.4 Å². The standard InChI is InChI=1S/C18H12Cl2N2O5/c19-12-6-7-13(14(20)8-12)15(23)10-26-16(24)9-22-18(25)27-17(21-22)11-4-2-1-3-5-11/h1-8H,9-10H2. The van der Waals surface area contributed by atoms with Crippen LogP contribution in [0, 0.1) is 0 Å². The zero-order valence-electron chi connectivity index (χ0n) is 13.7. The third-order valence-corrected chi connectivity index (χ3v) is 4.05. The molecule has 1 heterocycles. The van der Waals surface area contributed by atoms with Crippen LogP contribution in [0.5, 0.6) is 0 Å². The largest absolute Gasteiger partial charge is 0.456 e. The van der Waals surface area contributed by atoms with Gasteiger partial charge in [-0.05, 0) is 30.3 Å². The van der Waals surface area contributed by atoms with Gasteiger partial charge in [-0.15, -0.1) is 5.10 Å². The highest BCUT2D eigenvalue weighted by molar-refractivity contribution is 6.36. The lowest BCUT2D eigenvalue weighted by atomic mass is 10.1. The van der Waals surface area contributed by atoms with Crippen molar-refractivity contribution in [2.24, 2.45) is 0 Å². The first-order valence-electron chi connectivity index (χ1n) is 7.71. The number of hydrogen-bond donors (Lipinski definition) is 0. The molecule has 0 spiro atoms. The molecule has 0 N–H and O–H groups in total. The van der Waals surface area contributed by atoms with Gasteiger partial charge in [0.15, 0.2) is 6.61 Å². The van der Waals surface area contributed by atoms with E-state index in [1.807, 2.05) is 0 Å². The molecular formula is C18H12Cl2N2O5. The maximum absolute atomic E-state index is 12.1. The fourth-order valence-electron chi connectivity index (χ4n) is 2.21. The van der Waals surface area contributed by atoms with Gasteiger partial charge in [0.25, 0.3) is 0 Å². The SMILES string of the molecule is O=C(Cn1nc(-c2ccccc2)oc1=O)OCC(=O)c1ccc(Cl)cc1Cl. The van der Waals surface area contributed by atoms with Crippen LogP contribution in [0.15, 0.2) is 57.7 Å². The van der Waals surface area contributed by atoms with Crippen molar-refractivity contribution in [3.05, 3.63) is 74.7 Å². The van der Waals surface area contributed by atoms with Gasteiger partial charge in [0, 0.05) is 16.1 Å². The first kappa shape index (κ1) is 18.9. The number of hydrogen-bond acceptors (Lipinski definition) is 6. The molecule has 0 saturated heterocycles. The van der Waals surface area contributed by atoms with E-state index in [2.05, 4.69) is 5.10 Å². The number of carbonyl (C=O) groups is 2. The Hall–Kier alpha value is -2.90. The number of benzene rings is 2. The Morgan fingerprint density at radius 3 is 2.56 bits per heavy atom. The van der Waals surface area contributed by atoms with Crippen molar-refractivity contribution < 1.29 is 18.7 Å². The Morgan fingerprint density at radius 1 is 1.11 bits per heavy atom. The molecule has 138 valence electrons. The van der Waals surface area contributed by atoms with Gasteiger partial charge >= 0.3 is 11.7 Å². The first-order chi connectivity index (χ1) is 12.9. The Bertz CT molecular complexity index is 1040. The number of nitrogens with zero attached hydrogens (tertiary/aromatic N) is 2. The first-order valence-corrected chi connectivity index (χ1v) is 8.47. The molecule has 2 aromatic carbocycles. The van der Waals surface area contributed by atoms with Crippen molar-refractivity contribution in [3.63, 3.8) is 0 Å². The number of Topliss-reactive ketones (excluding diaryl/α,β-unsaturated/α-hetero) is 1. The zero-order valence-corrected chi connectivity index (χ0v) is 15.2. The molecule has 0 bridgehead atoms. The van der Waals surface area contributed by atoms with Crippen molar-refractivity contribution in [1.29, 1.82) is 0 Å². The van der Waals surface area contributed by atoms with Gasteiger partial charge in [0.05, 0.1) is 5.02 Å². The molecule has 0 unspecified atom stereocenters. The topological polar surface area (TPSA) is 91.4 Å². The van der Waals surface area contributed by atoms with Crippen LogP contribution >= 0.6 is 23.2 Å². The van der Waals surface area contributed by atoms with Gasteiger partial charge in [-0.2, -0.15) is 4.68 Å². The molecule has 1 aromatic heterocycles. The molecule has 9 heteroatoms. The summed E-state index contributed by atoms with van der Waals surface area (Å²) in [5, 5.41) is 4.48. The summed E-state index contributed by atoms with van der Waals surface area (Å²) in [7, 11) is 0. The lowest BCUT2D eigenvalue weighted by Crippen LogP contribution is -2.24. The lowest BCUT2D eigenvalue weighted by molar-refractivity contribution is -0.143. The summed E-state index contributed by atoms with van der Waals surface area (Å²) >= 11 is 11.7. The molecule has 7 nitrogen and oxygen atoms in total. The molecule has 0 fully saturated rings. The molecule has 0 aliphatic heterocycles. The average molecular weight is 407 g/mol. The number of halogens is 2. The van der Waals surface area contributed by atoms with E-state index in [1.165, 1.54) is 18.2 Å². The Morgan fingerprint density at radius 2 is 1.85 bits per heavy atom. The minimum atomic E-state index is -0.816. The highest BCUT2D eigenvalue weighted by Gasteiger charge is 2.17. The van der Waals surface area contributed by atoms with E-state index in [1.54, 1.807) is 30.3 Å². The van der Waals surface area contributed by atoms with E-state index in [-0.39, 0.29) is 16.5 Å². The summed E-state index contributed by atoms with van der Waals surface area (Å²) in [4.78, 5) is 35.8. The second kappa shape index (κ2) is 8.20. The third kappa shape index (κ3) is 4.64. The smallest absolute Gasteiger partial charge is 0.437 e. The lowest BCUT2D eigenvalue weighted by Gasteiger charge is -2.05. The third-order valence-electron chi connectivity index (χ3n) is 3.50. The molecule has 0 amide bonds. The highest BCUT2D eigenvalue weighted by Crippen LogP contribution is 2.21. The van der Waals surface area contributed by atoms with E-state index in [0.717, 1.165) is 4.68 Å². The van der Waals surface area contributed by atoms with Crippen molar-refractivity contribution in [2.75, 3.05) is 6.61 Å². The zero-order chi connectivity index (χ0) is 19.4. The quantitative estimate of drug-likeness (QED) is 0.460. The van der Waals surface area contributed by atoms with Crippen LogP contribution in [0.3, 0.4) is 0 Å². The van der Waals surface area contributed by atoms with Crippen LogP contribution < -0.4 is 5.76 Å². The Labute approximate surface area is 163 Å². The highest BCUT2D eigenvalue weighted by atomic mass is 35.5.